The summed E-state index contributed by atoms with van der Waals surface area (Å²) in [7, 11) is 0. The molecule has 0 aliphatic rings. The Kier molecular flexibility index (Phi) is 4.02. The van der Waals surface area contributed by atoms with Crippen molar-refractivity contribution in [3.8, 4) is 0 Å². The molecule has 0 aliphatic heterocycles. The van der Waals surface area contributed by atoms with Gasteiger partial charge in [-0.2, -0.15) is 0 Å². The number of aliphatic hydroxyl groups excluding tert-OH is 1. The molecule has 0 radical (unpaired) electrons. The molecular formula is C16H11BrClFO2. The van der Waals surface area contributed by atoms with Crippen molar-refractivity contribution in [1.29, 1.82) is 0 Å². The lowest BCUT2D eigenvalue weighted by atomic mass is 10.1. The van der Waals surface area contributed by atoms with Gasteiger partial charge in [-0.05, 0) is 45.8 Å². The zero-order valence-electron chi connectivity index (χ0n) is 10.8. The maximum atomic E-state index is 13.4. The van der Waals surface area contributed by atoms with Crippen LogP contribution in [0.15, 0.2) is 51.4 Å². The van der Waals surface area contributed by atoms with Crippen LogP contribution in [0.4, 0.5) is 4.39 Å². The van der Waals surface area contributed by atoms with Crippen LogP contribution in [-0.2, 0) is 6.42 Å². The molecule has 1 aromatic heterocycles. The summed E-state index contributed by atoms with van der Waals surface area (Å²) in [5, 5.41) is 11.2. The van der Waals surface area contributed by atoms with Gasteiger partial charge in [0.15, 0.2) is 0 Å². The number of furan rings is 1. The van der Waals surface area contributed by atoms with Crippen LogP contribution in [0.25, 0.3) is 11.0 Å². The fourth-order valence-corrected chi connectivity index (χ4v) is 2.78. The van der Waals surface area contributed by atoms with Crippen LogP contribution in [0, 0.1) is 5.82 Å². The number of aliphatic hydroxyl groups is 1. The molecule has 1 N–H and O–H groups in total. The van der Waals surface area contributed by atoms with Gasteiger partial charge in [-0.15, -0.1) is 0 Å². The third kappa shape index (κ3) is 2.98. The van der Waals surface area contributed by atoms with Gasteiger partial charge >= 0.3 is 0 Å². The van der Waals surface area contributed by atoms with E-state index in [2.05, 4.69) is 15.9 Å². The SMILES string of the molecule is OC(Cc1ccc(Cl)c(F)c1)c1cc2cccc(Br)c2o1. The van der Waals surface area contributed by atoms with Crippen molar-refractivity contribution >= 4 is 38.5 Å². The fourth-order valence-electron chi connectivity index (χ4n) is 2.20. The number of rotatable bonds is 3. The van der Waals surface area contributed by atoms with Crippen LogP contribution in [0.3, 0.4) is 0 Å². The topological polar surface area (TPSA) is 33.4 Å². The largest absolute Gasteiger partial charge is 0.457 e. The highest BCUT2D eigenvalue weighted by Gasteiger charge is 2.16. The summed E-state index contributed by atoms with van der Waals surface area (Å²) in [6.45, 7) is 0. The summed E-state index contributed by atoms with van der Waals surface area (Å²) in [5.74, 6) is -0.0408. The fraction of sp³-hybridized carbons (Fsp3) is 0.125. The molecule has 3 rings (SSSR count). The molecule has 0 saturated carbocycles. The first-order valence-corrected chi connectivity index (χ1v) is 7.51. The zero-order valence-corrected chi connectivity index (χ0v) is 13.2. The van der Waals surface area contributed by atoms with Crippen molar-refractivity contribution in [1.82, 2.24) is 0 Å². The standard InChI is InChI=1S/C16H11BrClFO2/c17-11-3-1-2-10-8-15(21-16(10)11)14(20)7-9-4-5-12(18)13(19)6-9/h1-6,8,14,20H,7H2. The lowest BCUT2D eigenvalue weighted by Crippen LogP contribution is -2.00. The smallest absolute Gasteiger partial charge is 0.148 e. The van der Waals surface area contributed by atoms with Gasteiger partial charge in [-0.3, -0.25) is 0 Å². The molecule has 0 spiro atoms. The minimum Gasteiger partial charge on any atom is -0.457 e. The van der Waals surface area contributed by atoms with Crippen LogP contribution >= 0.6 is 27.5 Å². The van der Waals surface area contributed by atoms with Gasteiger partial charge in [0.05, 0.1) is 9.50 Å². The molecule has 0 amide bonds. The van der Waals surface area contributed by atoms with Crippen molar-refractivity contribution < 1.29 is 13.9 Å². The Morgan fingerprint density at radius 1 is 1.24 bits per heavy atom. The molecule has 1 atom stereocenters. The van der Waals surface area contributed by atoms with Crippen molar-refractivity contribution in [2.24, 2.45) is 0 Å². The minimum atomic E-state index is -0.843. The average Bonchev–Trinajstić information content (AvgIpc) is 2.89. The van der Waals surface area contributed by atoms with Crippen LogP contribution in [0.1, 0.15) is 17.4 Å². The molecule has 1 heterocycles. The number of benzene rings is 2. The second-order valence-corrected chi connectivity index (χ2v) is 6.04. The Labute approximate surface area is 134 Å². The van der Waals surface area contributed by atoms with Gasteiger partial charge in [0, 0.05) is 11.8 Å². The van der Waals surface area contributed by atoms with E-state index in [1.54, 1.807) is 12.1 Å². The summed E-state index contributed by atoms with van der Waals surface area (Å²) < 4.78 is 19.9. The van der Waals surface area contributed by atoms with Gasteiger partial charge in [0.25, 0.3) is 0 Å². The van der Waals surface area contributed by atoms with E-state index in [0.29, 0.717) is 16.9 Å². The highest BCUT2D eigenvalue weighted by Crippen LogP contribution is 2.31. The van der Waals surface area contributed by atoms with Gasteiger partial charge in [0.1, 0.15) is 23.3 Å². The molecule has 0 aliphatic carbocycles. The number of hydrogen-bond donors (Lipinski definition) is 1. The molecule has 0 saturated heterocycles. The Morgan fingerprint density at radius 3 is 2.76 bits per heavy atom. The number of para-hydroxylation sites is 1. The van der Waals surface area contributed by atoms with Crippen molar-refractivity contribution in [3.63, 3.8) is 0 Å². The van der Waals surface area contributed by atoms with Crippen molar-refractivity contribution in [3.05, 3.63) is 69.1 Å². The lowest BCUT2D eigenvalue weighted by Gasteiger charge is -2.08. The van der Waals surface area contributed by atoms with E-state index < -0.39 is 11.9 Å². The van der Waals surface area contributed by atoms with E-state index >= 15 is 0 Å². The van der Waals surface area contributed by atoms with Crippen LogP contribution in [0.2, 0.25) is 5.02 Å². The van der Waals surface area contributed by atoms with Crippen molar-refractivity contribution in [2.75, 3.05) is 0 Å². The van der Waals surface area contributed by atoms with E-state index in [-0.39, 0.29) is 11.4 Å². The molecule has 0 fully saturated rings. The molecule has 2 nitrogen and oxygen atoms in total. The third-order valence-electron chi connectivity index (χ3n) is 3.26. The lowest BCUT2D eigenvalue weighted by molar-refractivity contribution is 0.152. The summed E-state index contributed by atoms with van der Waals surface area (Å²) in [4.78, 5) is 0. The molecular weight excluding hydrogens is 359 g/mol. The number of fused-ring (bicyclic) bond motifs is 1. The van der Waals surface area contributed by atoms with Crippen LogP contribution in [0.5, 0.6) is 0 Å². The predicted octanol–water partition coefficient (Wildman–Crippen LogP) is 5.26. The summed E-state index contributed by atoms with van der Waals surface area (Å²) >= 11 is 9.05. The van der Waals surface area contributed by atoms with E-state index in [1.165, 1.54) is 12.1 Å². The Bertz CT molecular complexity index is 800. The summed E-state index contributed by atoms with van der Waals surface area (Å²) in [6, 6.07) is 12.0. The second-order valence-electron chi connectivity index (χ2n) is 4.78. The van der Waals surface area contributed by atoms with Crippen LogP contribution in [-0.4, -0.2) is 5.11 Å². The van der Waals surface area contributed by atoms with E-state index in [9.17, 15) is 9.50 Å². The minimum absolute atomic E-state index is 0.0703. The van der Waals surface area contributed by atoms with Crippen LogP contribution < -0.4 is 0 Å². The quantitative estimate of drug-likeness (QED) is 0.683. The van der Waals surface area contributed by atoms with Gasteiger partial charge in [-0.1, -0.05) is 29.8 Å². The molecule has 5 heteroatoms. The first-order valence-electron chi connectivity index (χ1n) is 6.34. The summed E-state index contributed by atoms with van der Waals surface area (Å²) in [5.41, 5.74) is 1.35. The number of halogens is 3. The third-order valence-corrected chi connectivity index (χ3v) is 4.19. The highest BCUT2D eigenvalue weighted by molar-refractivity contribution is 9.10. The zero-order chi connectivity index (χ0) is 15.0. The monoisotopic (exact) mass is 368 g/mol. The molecule has 3 aromatic rings. The second kappa shape index (κ2) is 5.79. The molecule has 108 valence electrons. The molecule has 2 aromatic carbocycles. The Morgan fingerprint density at radius 2 is 2.05 bits per heavy atom. The van der Waals surface area contributed by atoms with E-state index in [0.717, 1.165) is 9.86 Å². The molecule has 1 unspecified atom stereocenters. The van der Waals surface area contributed by atoms with E-state index in [1.807, 2.05) is 18.2 Å². The van der Waals surface area contributed by atoms with Gasteiger partial charge in [-0.25, -0.2) is 4.39 Å². The summed E-state index contributed by atoms with van der Waals surface area (Å²) in [6.07, 6.45) is -0.587. The first-order chi connectivity index (χ1) is 10.0. The van der Waals surface area contributed by atoms with E-state index in [4.69, 9.17) is 16.0 Å². The molecule has 21 heavy (non-hydrogen) atoms. The van der Waals surface area contributed by atoms with Crippen molar-refractivity contribution in [2.45, 2.75) is 12.5 Å². The van der Waals surface area contributed by atoms with Gasteiger partial charge in [0.2, 0.25) is 0 Å². The normalized spacial score (nSPS) is 12.8. The predicted molar refractivity (Wildman–Crippen MR) is 84.0 cm³/mol. The first kappa shape index (κ1) is 14.6. The maximum Gasteiger partial charge on any atom is 0.148 e. The maximum absolute atomic E-state index is 13.4. The van der Waals surface area contributed by atoms with Gasteiger partial charge < -0.3 is 9.52 Å². The highest BCUT2D eigenvalue weighted by atomic mass is 79.9. The molecule has 0 bridgehead atoms. The Hall–Kier alpha value is -1.36. The Balaban J connectivity index is 1.87. The number of hydrogen-bond acceptors (Lipinski definition) is 2. The average molecular weight is 370 g/mol.